The van der Waals surface area contributed by atoms with Gasteiger partial charge >= 0.3 is 0 Å². The summed E-state index contributed by atoms with van der Waals surface area (Å²) in [7, 11) is 0. The molecule has 0 aliphatic heterocycles. The first-order valence-electron chi connectivity index (χ1n) is 4.77. The molecule has 1 aromatic carbocycles. The van der Waals surface area contributed by atoms with E-state index in [1.54, 1.807) is 39.8 Å². The van der Waals surface area contributed by atoms with Gasteiger partial charge in [0.25, 0.3) is 0 Å². The van der Waals surface area contributed by atoms with Crippen molar-refractivity contribution in [1.29, 1.82) is 0 Å². The molecule has 0 aliphatic carbocycles. The van der Waals surface area contributed by atoms with Crippen molar-refractivity contribution in [2.45, 2.75) is 39.7 Å². The van der Waals surface area contributed by atoms with Crippen LogP contribution in [0.3, 0.4) is 0 Å². The molecule has 0 aromatic heterocycles. The Bertz CT molecular complexity index is 314. The summed E-state index contributed by atoms with van der Waals surface area (Å²) in [5.41, 5.74) is 1.53. The zero-order chi connectivity index (χ0) is 10.9. The van der Waals surface area contributed by atoms with Gasteiger partial charge in [-0.3, -0.25) is 0 Å². The summed E-state index contributed by atoms with van der Waals surface area (Å²) in [6, 6.07) is 3.58. The smallest absolute Gasteiger partial charge is 0.129 e. The standard InChI is InChI=1S/C12H17FO/c1-8-5-10(7-12(3,4)14)6-9(2)11(8)13/h5-6,14H,7H2,1-4H3. The first-order chi connectivity index (χ1) is 6.29. The predicted octanol–water partition coefficient (Wildman–Crippen LogP) is 2.76. The van der Waals surface area contributed by atoms with E-state index in [-0.39, 0.29) is 5.82 Å². The molecule has 2 heteroatoms. The Labute approximate surface area is 84.6 Å². The number of hydrogen-bond acceptors (Lipinski definition) is 1. The molecule has 1 N–H and O–H groups in total. The van der Waals surface area contributed by atoms with E-state index in [9.17, 15) is 9.50 Å². The van der Waals surface area contributed by atoms with E-state index < -0.39 is 5.60 Å². The van der Waals surface area contributed by atoms with Crippen molar-refractivity contribution in [3.8, 4) is 0 Å². The van der Waals surface area contributed by atoms with E-state index >= 15 is 0 Å². The third-order valence-corrected chi connectivity index (χ3v) is 2.13. The van der Waals surface area contributed by atoms with Gasteiger partial charge in [0.05, 0.1) is 5.60 Å². The van der Waals surface area contributed by atoms with Gasteiger partial charge in [-0.15, -0.1) is 0 Å². The Kier molecular flexibility index (Phi) is 2.95. The number of aryl methyl sites for hydroxylation is 2. The Morgan fingerprint density at radius 1 is 1.21 bits per heavy atom. The lowest BCUT2D eigenvalue weighted by atomic mass is 9.96. The van der Waals surface area contributed by atoms with E-state index in [4.69, 9.17) is 0 Å². The van der Waals surface area contributed by atoms with E-state index in [2.05, 4.69) is 0 Å². The van der Waals surface area contributed by atoms with E-state index in [0.717, 1.165) is 5.56 Å². The van der Waals surface area contributed by atoms with Crippen molar-refractivity contribution >= 4 is 0 Å². The van der Waals surface area contributed by atoms with Gasteiger partial charge in [0, 0.05) is 6.42 Å². The predicted molar refractivity (Wildman–Crippen MR) is 55.9 cm³/mol. The fourth-order valence-corrected chi connectivity index (χ4v) is 1.64. The minimum absolute atomic E-state index is 0.149. The lowest BCUT2D eigenvalue weighted by Crippen LogP contribution is -2.22. The summed E-state index contributed by atoms with van der Waals surface area (Å²) >= 11 is 0. The van der Waals surface area contributed by atoms with Crippen LogP contribution in [0.2, 0.25) is 0 Å². The van der Waals surface area contributed by atoms with Crippen LogP contribution in [0.1, 0.15) is 30.5 Å². The Hall–Kier alpha value is -0.890. The maximum absolute atomic E-state index is 13.3. The zero-order valence-electron chi connectivity index (χ0n) is 9.19. The number of rotatable bonds is 2. The van der Waals surface area contributed by atoms with Crippen molar-refractivity contribution in [3.63, 3.8) is 0 Å². The Balaban J connectivity index is 3.02. The van der Waals surface area contributed by atoms with E-state index in [1.165, 1.54) is 0 Å². The highest BCUT2D eigenvalue weighted by Gasteiger charge is 2.14. The van der Waals surface area contributed by atoms with Crippen molar-refractivity contribution in [3.05, 3.63) is 34.6 Å². The third-order valence-electron chi connectivity index (χ3n) is 2.13. The minimum atomic E-state index is -0.739. The van der Waals surface area contributed by atoms with Gasteiger partial charge < -0.3 is 5.11 Å². The highest BCUT2D eigenvalue weighted by molar-refractivity contribution is 5.31. The molecule has 0 spiro atoms. The number of benzene rings is 1. The summed E-state index contributed by atoms with van der Waals surface area (Å²) in [6.07, 6.45) is 0.551. The summed E-state index contributed by atoms with van der Waals surface area (Å²) in [5.74, 6) is -0.149. The van der Waals surface area contributed by atoms with Crippen molar-refractivity contribution in [2.75, 3.05) is 0 Å². The van der Waals surface area contributed by atoms with Crippen LogP contribution in [0, 0.1) is 19.7 Å². The maximum atomic E-state index is 13.3. The second kappa shape index (κ2) is 3.70. The molecule has 1 rings (SSSR count). The van der Waals surface area contributed by atoms with Gasteiger partial charge in [-0.05, 0) is 44.4 Å². The van der Waals surface area contributed by atoms with E-state index in [0.29, 0.717) is 17.5 Å². The first-order valence-corrected chi connectivity index (χ1v) is 4.77. The molecular formula is C12H17FO. The minimum Gasteiger partial charge on any atom is -0.390 e. The lowest BCUT2D eigenvalue weighted by Gasteiger charge is -2.17. The summed E-state index contributed by atoms with van der Waals surface area (Å²) < 4.78 is 13.3. The van der Waals surface area contributed by atoms with Crippen molar-refractivity contribution in [2.24, 2.45) is 0 Å². The van der Waals surface area contributed by atoms with Crippen LogP contribution in [0.5, 0.6) is 0 Å². The molecule has 0 unspecified atom stereocenters. The normalized spacial score (nSPS) is 11.9. The number of aliphatic hydroxyl groups is 1. The molecule has 1 nitrogen and oxygen atoms in total. The van der Waals surface area contributed by atoms with Gasteiger partial charge in [0.15, 0.2) is 0 Å². The summed E-state index contributed by atoms with van der Waals surface area (Å²) in [4.78, 5) is 0. The highest BCUT2D eigenvalue weighted by Crippen LogP contribution is 2.18. The molecule has 0 radical (unpaired) electrons. The van der Waals surface area contributed by atoms with Crippen LogP contribution >= 0.6 is 0 Å². The van der Waals surface area contributed by atoms with Crippen LogP contribution < -0.4 is 0 Å². The van der Waals surface area contributed by atoms with Gasteiger partial charge in [-0.25, -0.2) is 4.39 Å². The fourth-order valence-electron chi connectivity index (χ4n) is 1.64. The lowest BCUT2D eigenvalue weighted by molar-refractivity contribution is 0.0809. The zero-order valence-corrected chi connectivity index (χ0v) is 9.19. The monoisotopic (exact) mass is 196 g/mol. The van der Waals surface area contributed by atoms with Crippen LogP contribution in [-0.4, -0.2) is 10.7 Å². The maximum Gasteiger partial charge on any atom is 0.129 e. The van der Waals surface area contributed by atoms with E-state index in [1.807, 2.05) is 0 Å². The Morgan fingerprint density at radius 2 is 1.64 bits per heavy atom. The quantitative estimate of drug-likeness (QED) is 0.771. The molecule has 0 heterocycles. The van der Waals surface area contributed by atoms with Crippen LogP contribution in [0.25, 0.3) is 0 Å². The van der Waals surface area contributed by atoms with Gasteiger partial charge in [0.1, 0.15) is 5.82 Å². The summed E-state index contributed by atoms with van der Waals surface area (Å²) in [5, 5.41) is 9.63. The van der Waals surface area contributed by atoms with Crippen molar-refractivity contribution in [1.82, 2.24) is 0 Å². The average Bonchev–Trinajstić information content (AvgIpc) is 1.96. The molecule has 0 aliphatic rings. The van der Waals surface area contributed by atoms with Gasteiger partial charge in [-0.2, -0.15) is 0 Å². The molecule has 0 saturated heterocycles. The topological polar surface area (TPSA) is 20.2 Å². The molecule has 0 amide bonds. The van der Waals surface area contributed by atoms with Crippen LogP contribution in [0.15, 0.2) is 12.1 Å². The molecule has 78 valence electrons. The molecule has 14 heavy (non-hydrogen) atoms. The number of halogens is 1. The molecular weight excluding hydrogens is 179 g/mol. The molecule has 0 bridgehead atoms. The summed E-state index contributed by atoms with van der Waals surface area (Å²) in [6.45, 7) is 6.99. The average molecular weight is 196 g/mol. The SMILES string of the molecule is Cc1cc(CC(C)(C)O)cc(C)c1F. The number of hydrogen-bond donors (Lipinski definition) is 1. The fraction of sp³-hybridized carbons (Fsp3) is 0.500. The second-order valence-corrected chi connectivity index (χ2v) is 4.53. The Morgan fingerprint density at radius 3 is 2.00 bits per heavy atom. The molecule has 0 fully saturated rings. The molecule has 0 saturated carbocycles. The third kappa shape index (κ3) is 2.81. The van der Waals surface area contributed by atoms with Crippen molar-refractivity contribution < 1.29 is 9.50 Å². The molecule has 0 atom stereocenters. The van der Waals surface area contributed by atoms with Gasteiger partial charge in [-0.1, -0.05) is 12.1 Å². The second-order valence-electron chi connectivity index (χ2n) is 4.53. The molecule has 1 aromatic rings. The largest absolute Gasteiger partial charge is 0.390 e. The first kappa shape index (κ1) is 11.2. The van der Waals surface area contributed by atoms with Crippen LogP contribution in [-0.2, 0) is 6.42 Å². The van der Waals surface area contributed by atoms with Gasteiger partial charge in [0.2, 0.25) is 0 Å². The van der Waals surface area contributed by atoms with Crippen LogP contribution in [0.4, 0.5) is 4.39 Å². The highest BCUT2D eigenvalue weighted by atomic mass is 19.1.